The van der Waals surface area contributed by atoms with E-state index in [-0.39, 0.29) is 11.4 Å². The Kier molecular flexibility index (Phi) is 3.85. The lowest BCUT2D eigenvalue weighted by Crippen LogP contribution is -2.32. The lowest BCUT2D eigenvalue weighted by molar-refractivity contribution is -0.168. The van der Waals surface area contributed by atoms with Crippen molar-refractivity contribution in [1.82, 2.24) is 15.3 Å². The third-order valence-electron chi connectivity index (χ3n) is 2.60. The van der Waals surface area contributed by atoms with Crippen molar-refractivity contribution in [2.75, 3.05) is 6.61 Å². The summed E-state index contributed by atoms with van der Waals surface area (Å²) in [6.07, 6.45) is -3.79. The molecular weight excluding hydrogens is 270 g/mol. The van der Waals surface area contributed by atoms with Crippen LogP contribution in [0.15, 0.2) is 4.79 Å². The van der Waals surface area contributed by atoms with Gasteiger partial charge in [0.15, 0.2) is 0 Å². The summed E-state index contributed by atoms with van der Waals surface area (Å²) >= 11 is 0. The van der Waals surface area contributed by atoms with Crippen LogP contribution in [0.4, 0.5) is 17.6 Å². The van der Waals surface area contributed by atoms with Crippen molar-refractivity contribution in [2.24, 2.45) is 0 Å². The van der Waals surface area contributed by atoms with Crippen LogP contribution in [0.5, 0.6) is 0 Å². The van der Waals surface area contributed by atoms with Crippen LogP contribution in [0.2, 0.25) is 0 Å². The first-order valence-corrected chi connectivity index (χ1v) is 5.45. The number of H-pyrrole nitrogens is 1. The molecule has 1 aromatic rings. The van der Waals surface area contributed by atoms with Gasteiger partial charge in [0, 0.05) is 13.1 Å². The van der Waals surface area contributed by atoms with Gasteiger partial charge in [0.05, 0.1) is 11.3 Å². The molecule has 106 valence electrons. The number of hydrogen-bond donors (Lipinski definition) is 2. The van der Waals surface area contributed by atoms with Crippen LogP contribution in [0.3, 0.4) is 0 Å². The van der Waals surface area contributed by atoms with Gasteiger partial charge in [0.25, 0.3) is 5.56 Å². The first-order chi connectivity index (χ1) is 8.90. The van der Waals surface area contributed by atoms with E-state index in [9.17, 15) is 22.4 Å². The number of rotatable bonds is 5. The highest BCUT2D eigenvalue weighted by molar-refractivity contribution is 5.21. The van der Waals surface area contributed by atoms with Gasteiger partial charge in [-0.15, -0.1) is 0 Å². The predicted octanol–water partition coefficient (Wildman–Crippen LogP) is 0.790. The van der Waals surface area contributed by atoms with Crippen molar-refractivity contribution >= 4 is 0 Å². The van der Waals surface area contributed by atoms with E-state index in [0.717, 1.165) is 0 Å². The van der Waals surface area contributed by atoms with E-state index in [0.29, 0.717) is 24.3 Å². The SMILES string of the molecule is O=c1[nH]c(COCC(F)(F)C(F)F)nc2c1CNC2. The predicted molar refractivity (Wildman–Crippen MR) is 56.0 cm³/mol. The van der Waals surface area contributed by atoms with Crippen LogP contribution < -0.4 is 10.9 Å². The Bertz CT molecular complexity index is 518. The molecule has 0 bridgehead atoms. The Labute approximate surface area is 105 Å². The van der Waals surface area contributed by atoms with E-state index >= 15 is 0 Å². The fourth-order valence-electron chi connectivity index (χ4n) is 1.65. The summed E-state index contributed by atoms with van der Waals surface area (Å²) < 4.78 is 53.4. The van der Waals surface area contributed by atoms with E-state index < -0.39 is 25.6 Å². The highest BCUT2D eigenvalue weighted by Gasteiger charge is 2.41. The van der Waals surface area contributed by atoms with Crippen LogP contribution in [0.1, 0.15) is 17.1 Å². The number of aromatic nitrogens is 2. The van der Waals surface area contributed by atoms with Gasteiger partial charge in [-0.05, 0) is 0 Å². The fourth-order valence-corrected chi connectivity index (χ4v) is 1.65. The van der Waals surface area contributed by atoms with Gasteiger partial charge >= 0.3 is 12.3 Å². The number of nitrogens with zero attached hydrogens (tertiary/aromatic N) is 1. The Balaban J connectivity index is 1.98. The Morgan fingerprint density at radius 2 is 2.11 bits per heavy atom. The lowest BCUT2D eigenvalue weighted by atomic mass is 10.3. The number of hydrogen-bond acceptors (Lipinski definition) is 4. The van der Waals surface area contributed by atoms with Crippen LogP contribution >= 0.6 is 0 Å². The summed E-state index contributed by atoms with van der Waals surface area (Å²) in [5, 5.41) is 2.91. The van der Waals surface area contributed by atoms with Crippen molar-refractivity contribution in [1.29, 1.82) is 0 Å². The van der Waals surface area contributed by atoms with E-state index in [1.54, 1.807) is 0 Å². The van der Waals surface area contributed by atoms with Crippen LogP contribution in [0, 0.1) is 0 Å². The molecule has 0 amide bonds. The average Bonchev–Trinajstić information content (AvgIpc) is 2.77. The summed E-state index contributed by atoms with van der Waals surface area (Å²) in [5.74, 6) is -4.17. The van der Waals surface area contributed by atoms with E-state index in [1.165, 1.54) is 0 Å². The third kappa shape index (κ3) is 3.10. The highest BCUT2D eigenvalue weighted by atomic mass is 19.3. The summed E-state index contributed by atoms with van der Waals surface area (Å²) in [4.78, 5) is 17.9. The molecule has 0 saturated carbocycles. The Morgan fingerprint density at radius 3 is 2.79 bits per heavy atom. The van der Waals surface area contributed by atoms with Gasteiger partial charge in [-0.1, -0.05) is 0 Å². The van der Waals surface area contributed by atoms with Crippen LogP contribution in [0.25, 0.3) is 0 Å². The second-order valence-corrected chi connectivity index (χ2v) is 4.10. The van der Waals surface area contributed by atoms with Crippen LogP contribution in [-0.2, 0) is 24.4 Å². The lowest BCUT2D eigenvalue weighted by Gasteiger charge is -2.14. The maximum Gasteiger partial charge on any atom is 0.330 e. The summed E-state index contributed by atoms with van der Waals surface area (Å²) in [6, 6.07) is 0. The molecule has 2 heterocycles. The molecule has 0 fully saturated rings. The molecule has 0 atom stereocenters. The van der Waals surface area contributed by atoms with Crippen molar-refractivity contribution in [2.45, 2.75) is 32.0 Å². The van der Waals surface area contributed by atoms with Gasteiger partial charge in [-0.2, -0.15) is 8.78 Å². The molecule has 19 heavy (non-hydrogen) atoms. The van der Waals surface area contributed by atoms with Gasteiger partial charge < -0.3 is 15.0 Å². The van der Waals surface area contributed by atoms with Crippen molar-refractivity contribution in [3.05, 3.63) is 27.4 Å². The summed E-state index contributed by atoms with van der Waals surface area (Å²) in [7, 11) is 0. The first kappa shape index (κ1) is 13.9. The van der Waals surface area contributed by atoms with Gasteiger partial charge in [0.1, 0.15) is 19.0 Å². The van der Waals surface area contributed by atoms with Gasteiger partial charge in [-0.25, -0.2) is 13.8 Å². The molecule has 0 spiro atoms. The molecule has 0 saturated heterocycles. The second kappa shape index (κ2) is 5.25. The van der Waals surface area contributed by atoms with Crippen molar-refractivity contribution in [3.8, 4) is 0 Å². The fraction of sp³-hybridized carbons (Fsp3) is 0.600. The summed E-state index contributed by atoms with van der Waals surface area (Å²) in [6.45, 7) is -1.09. The van der Waals surface area contributed by atoms with Crippen LogP contribution in [-0.4, -0.2) is 28.9 Å². The maximum absolute atomic E-state index is 12.6. The number of aromatic amines is 1. The molecule has 5 nitrogen and oxygen atoms in total. The molecule has 0 aromatic carbocycles. The zero-order valence-corrected chi connectivity index (χ0v) is 9.68. The van der Waals surface area contributed by atoms with Gasteiger partial charge in [-0.3, -0.25) is 4.79 Å². The molecule has 1 aliphatic rings. The van der Waals surface area contributed by atoms with E-state index in [1.807, 2.05) is 0 Å². The minimum Gasteiger partial charge on any atom is -0.367 e. The number of fused-ring (bicyclic) bond motifs is 1. The molecule has 0 aliphatic carbocycles. The van der Waals surface area contributed by atoms with Crippen molar-refractivity contribution < 1.29 is 22.3 Å². The second-order valence-electron chi connectivity index (χ2n) is 4.10. The Hall–Kier alpha value is -1.48. The van der Waals surface area contributed by atoms with E-state index in [4.69, 9.17) is 0 Å². The molecule has 9 heteroatoms. The van der Waals surface area contributed by atoms with Crippen molar-refractivity contribution in [3.63, 3.8) is 0 Å². The highest BCUT2D eigenvalue weighted by Crippen LogP contribution is 2.23. The quantitative estimate of drug-likeness (QED) is 0.783. The number of nitrogens with one attached hydrogen (secondary N) is 2. The smallest absolute Gasteiger partial charge is 0.330 e. The molecule has 0 unspecified atom stereocenters. The molecule has 2 N–H and O–H groups in total. The molecular formula is C10H11F4N3O2. The van der Waals surface area contributed by atoms with E-state index in [2.05, 4.69) is 20.0 Å². The molecule has 0 radical (unpaired) electrons. The zero-order valence-electron chi connectivity index (χ0n) is 9.68. The largest absolute Gasteiger partial charge is 0.367 e. The summed E-state index contributed by atoms with van der Waals surface area (Å²) in [5.41, 5.74) is 0.624. The molecule has 2 rings (SSSR count). The normalized spacial score (nSPS) is 15.0. The maximum atomic E-state index is 12.6. The number of alkyl halides is 4. The average molecular weight is 281 g/mol. The monoisotopic (exact) mass is 281 g/mol. The number of ether oxygens (including phenoxy) is 1. The zero-order chi connectivity index (χ0) is 14.0. The first-order valence-electron chi connectivity index (χ1n) is 5.45. The minimum absolute atomic E-state index is 0.0394. The standard InChI is InChI=1S/C10H11F4N3O2/c11-9(12)10(13,14)4-19-3-7-16-6-2-15-1-5(6)8(18)17-7/h9,15H,1-4H2,(H,16,17,18). The minimum atomic E-state index is -4.21. The van der Waals surface area contributed by atoms with Gasteiger partial charge in [0.2, 0.25) is 0 Å². The third-order valence-corrected chi connectivity index (χ3v) is 2.60. The Morgan fingerprint density at radius 1 is 1.37 bits per heavy atom. The molecule has 1 aromatic heterocycles. The topological polar surface area (TPSA) is 67.0 Å². The molecule has 1 aliphatic heterocycles. The number of halogens is 4.